The molecule has 0 aliphatic carbocycles. The van der Waals surface area contributed by atoms with E-state index in [0.717, 1.165) is 4.60 Å². The summed E-state index contributed by atoms with van der Waals surface area (Å²) in [5, 5.41) is 2.38. The summed E-state index contributed by atoms with van der Waals surface area (Å²) in [7, 11) is 0. The number of hydrogen-bond donors (Lipinski definition) is 0. The maximum atomic E-state index is 11.4. The SMILES string of the molecule is CCOC(=O)c1ccc(Oc2nc(Br)cs2)cc1. The van der Waals surface area contributed by atoms with Gasteiger partial charge in [0.05, 0.1) is 12.2 Å². The lowest BCUT2D eigenvalue weighted by Crippen LogP contribution is -2.03. The first-order chi connectivity index (χ1) is 8.69. The smallest absolute Gasteiger partial charge is 0.338 e. The molecule has 6 heteroatoms. The van der Waals surface area contributed by atoms with Crippen molar-refractivity contribution < 1.29 is 14.3 Å². The molecule has 1 heterocycles. The number of nitrogens with zero attached hydrogens (tertiary/aromatic N) is 1. The Morgan fingerprint density at radius 3 is 2.67 bits per heavy atom. The minimum atomic E-state index is -0.332. The van der Waals surface area contributed by atoms with Crippen LogP contribution in [0.3, 0.4) is 0 Å². The van der Waals surface area contributed by atoms with E-state index in [2.05, 4.69) is 20.9 Å². The zero-order valence-corrected chi connectivity index (χ0v) is 12.0. The Bertz CT molecular complexity index is 539. The lowest BCUT2D eigenvalue weighted by atomic mass is 10.2. The number of carbonyl (C=O) groups is 1. The van der Waals surface area contributed by atoms with Gasteiger partial charge >= 0.3 is 5.97 Å². The summed E-state index contributed by atoms with van der Waals surface area (Å²) in [6, 6.07) is 6.75. The van der Waals surface area contributed by atoms with Gasteiger partial charge in [0.15, 0.2) is 0 Å². The molecule has 0 saturated carbocycles. The normalized spacial score (nSPS) is 10.1. The first-order valence-electron chi connectivity index (χ1n) is 5.25. The van der Waals surface area contributed by atoms with Gasteiger partial charge < -0.3 is 9.47 Å². The summed E-state index contributed by atoms with van der Waals surface area (Å²) in [5.74, 6) is 0.297. The fourth-order valence-corrected chi connectivity index (χ4v) is 2.37. The Balaban J connectivity index is 2.05. The number of benzene rings is 1. The van der Waals surface area contributed by atoms with Crippen molar-refractivity contribution in [2.75, 3.05) is 6.61 Å². The second-order valence-electron chi connectivity index (χ2n) is 3.28. The monoisotopic (exact) mass is 327 g/mol. The molecule has 0 unspecified atom stereocenters. The highest BCUT2D eigenvalue weighted by Gasteiger charge is 2.07. The van der Waals surface area contributed by atoms with E-state index in [-0.39, 0.29) is 5.97 Å². The predicted molar refractivity (Wildman–Crippen MR) is 72.3 cm³/mol. The fourth-order valence-electron chi connectivity index (χ4n) is 1.26. The van der Waals surface area contributed by atoms with Crippen molar-refractivity contribution in [2.24, 2.45) is 0 Å². The zero-order valence-electron chi connectivity index (χ0n) is 9.55. The summed E-state index contributed by atoms with van der Waals surface area (Å²) in [4.78, 5) is 15.6. The molecule has 1 aromatic carbocycles. The predicted octanol–water partition coefficient (Wildman–Crippen LogP) is 3.87. The maximum absolute atomic E-state index is 11.4. The number of rotatable bonds is 4. The molecular formula is C12H10BrNO3S. The molecule has 0 aliphatic rings. The Kier molecular flexibility index (Phi) is 4.33. The van der Waals surface area contributed by atoms with Crippen molar-refractivity contribution in [1.29, 1.82) is 0 Å². The van der Waals surface area contributed by atoms with Crippen molar-refractivity contribution in [3.05, 3.63) is 39.8 Å². The number of hydrogen-bond acceptors (Lipinski definition) is 5. The van der Waals surface area contributed by atoms with Gasteiger partial charge in [-0.1, -0.05) is 11.3 Å². The number of halogens is 1. The summed E-state index contributed by atoms with van der Waals surface area (Å²) in [6.07, 6.45) is 0. The molecule has 18 heavy (non-hydrogen) atoms. The maximum Gasteiger partial charge on any atom is 0.338 e. The van der Waals surface area contributed by atoms with E-state index in [1.807, 2.05) is 5.38 Å². The average molecular weight is 328 g/mol. The zero-order chi connectivity index (χ0) is 13.0. The molecule has 2 aromatic rings. The van der Waals surface area contributed by atoms with Crippen LogP contribution in [0.15, 0.2) is 34.2 Å². The van der Waals surface area contributed by atoms with Crippen LogP contribution in [0, 0.1) is 0 Å². The minimum Gasteiger partial charge on any atom is -0.462 e. The molecule has 0 amide bonds. The number of carbonyl (C=O) groups excluding carboxylic acids is 1. The third-order valence-electron chi connectivity index (χ3n) is 2.03. The Hall–Kier alpha value is -1.40. The topological polar surface area (TPSA) is 48.4 Å². The summed E-state index contributed by atoms with van der Waals surface area (Å²) in [6.45, 7) is 2.14. The van der Waals surface area contributed by atoms with E-state index in [0.29, 0.717) is 23.1 Å². The lowest BCUT2D eigenvalue weighted by Gasteiger charge is -2.03. The van der Waals surface area contributed by atoms with E-state index in [1.165, 1.54) is 11.3 Å². The molecular weight excluding hydrogens is 318 g/mol. The van der Waals surface area contributed by atoms with Crippen LogP contribution >= 0.6 is 27.3 Å². The number of ether oxygens (including phenoxy) is 2. The standard InChI is InChI=1S/C12H10BrNO3S/c1-2-16-11(15)8-3-5-9(6-4-8)17-12-14-10(13)7-18-12/h3-7H,2H2,1H3. The molecule has 4 nitrogen and oxygen atoms in total. The molecule has 0 N–H and O–H groups in total. The van der Waals surface area contributed by atoms with Gasteiger partial charge in [0.25, 0.3) is 5.19 Å². The molecule has 0 saturated heterocycles. The van der Waals surface area contributed by atoms with Crippen LogP contribution < -0.4 is 4.74 Å². The second-order valence-corrected chi connectivity index (χ2v) is 4.92. The molecule has 0 spiro atoms. The van der Waals surface area contributed by atoms with E-state index in [9.17, 15) is 4.79 Å². The van der Waals surface area contributed by atoms with Crippen LogP contribution in [0.1, 0.15) is 17.3 Å². The third-order valence-corrected chi connectivity index (χ3v) is 3.45. The molecule has 0 fully saturated rings. The molecule has 0 atom stereocenters. The van der Waals surface area contributed by atoms with E-state index >= 15 is 0 Å². The van der Waals surface area contributed by atoms with Gasteiger partial charge in [-0.2, -0.15) is 4.98 Å². The summed E-state index contributed by atoms with van der Waals surface area (Å²) < 4.78 is 11.2. The van der Waals surface area contributed by atoms with Crippen LogP contribution in [0.25, 0.3) is 0 Å². The summed E-state index contributed by atoms with van der Waals surface area (Å²) in [5.41, 5.74) is 0.504. The highest BCUT2D eigenvalue weighted by molar-refractivity contribution is 9.10. The largest absolute Gasteiger partial charge is 0.462 e. The minimum absolute atomic E-state index is 0.332. The third kappa shape index (κ3) is 3.30. The van der Waals surface area contributed by atoms with Crippen LogP contribution in [-0.2, 0) is 4.74 Å². The highest BCUT2D eigenvalue weighted by atomic mass is 79.9. The molecule has 0 aliphatic heterocycles. The first kappa shape index (κ1) is 13.0. The van der Waals surface area contributed by atoms with Crippen LogP contribution in [0.2, 0.25) is 0 Å². The number of thiazole rings is 1. The van der Waals surface area contributed by atoms with Crippen molar-refractivity contribution in [3.63, 3.8) is 0 Å². The van der Waals surface area contributed by atoms with Gasteiger partial charge in [-0.15, -0.1) is 0 Å². The number of aromatic nitrogens is 1. The molecule has 94 valence electrons. The van der Waals surface area contributed by atoms with Crippen LogP contribution in [-0.4, -0.2) is 17.6 Å². The van der Waals surface area contributed by atoms with Gasteiger partial charge in [0.1, 0.15) is 10.4 Å². The molecule has 0 radical (unpaired) electrons. The number of esters is 1. The molecule has 1 aromatic heterocycles. The van der Waals surface area contributed by atoms with Gasteiger partial charge in [-0.25, -0.2) is 4.79 Å². The Morgan fingerprint density at radius 2 is 2.11 bits per heavy atom. The van der Waals surface area contributed by atoms with E-state index < -0.39 is 0 Å². The van der Waals surface area contributed by atoms with Crippen molar-refractivity contribution >= 4 is 33.2 Å². The Labute approximate surface area is 117 Å². The van der Waals surface area contributed by atoms with Crippen molar-refractivity contribution in [2.45, 2.75) is 6.92 Å². The van der Waals surface area contributed by atoms with Crippen molar-refractivity contribution in [1.82, 2.24) is 4.98 Å². The van der Waals surface area contributed by atoms with Gasteiger partial charge in [-0.3, -0.25) is 0 Å². The van der Waals surface area contributed by atoms with Crippen LogP contribution in [0.5, 0.6) is 10.9 Å². The van der Waals surface area contributed by atoms with Gasteiger partial charge in [-0.05, 0) is 47.1 Å². The van der Waals surface area contributed by atoms with Gasteiger partial charge in [0.2, 0.25) is 0 Å². The van der Waals surface area contributed by atoms with Crippen LogP contribution in [0.4, 0.5) is 0 Å². The molecule has 0 bridgehead atoms. The first-order valence-corrected chi connectivity index (χ1v) is 6.92. The fraction of sp³-hybridized carbons (Fsp3) is 0.167. The van der Waals surface area contributed by atoms with E-state index in [1.54, 1.807) is 31.2 Å². The Morgan fingerprint density at radius 1 is 1.39 bits per heavy atom. The van der Waals surface area contributed by atoms with E-state index in [4.69, 9.17) is 9.47 Å². The van der Waals surface area contributed by atoms with Crippen molar-refractivity contribution in [3.8, 4) is 10.9 Å². The summed E-state index contributed by atoms with van der Waals surface area (Å²) >= 11 is 4.64. The highest BCUT2D eigenvalue weighted by Crippen LogP contribution is 2.27. The molecule has 2 rings (SSSR count). The quantitative estimate of drug-likeness (QED) is 0.799. The second kappa shape index (κ2) is 5.97. The lowest BCUT2D eigenvalue weighted by molar-refractivity contribution is 0.0526. The average Bonchev–Trinajstić information content (AvgIpc) is 2.76. The van der Waals surface area contributed by atoms with Gasteiger partial charge in [0, 0.05) is 5.38 Å².